The van der Waals surface area contributed by atoms with Gasteiger partial charge in [0.05, 0.1) is 24.1 Å². The van der Waals surface area contributed by atoms with Crippen LogP contribution in [-0.2, 0) is 0 Å². The summed E-state index contributed by atoms with van der Waals surface area (Å²) in [5, 5.41) is 0.425. The molecule has 7 heteroatoms. The summed E-state index contributed by atoms with van der Waals surface area (Å²) in [4.78, 5) is 31.1. The number of fused-ring (bicyclic) bond motifs is 2. The predicted molar refractivity (Wildman–Crippen MR) is 132 cm³/mol. The third-order valence-corrected chi connectivity index (χ3v) is 6.29. The van der Waals surface area contributed by atoms with Crippen LogP contribution in [-0.4, -0.2) is 55.6 Å². The predicted octanol–water partition coefficient (Wildman–Crippen LogP) is 4.25. The first-order chi connectivity index (χ1) is 16.5. The van der Waals surface area contributed by atoms with Gasteiger partial charge in [-0.25, -0.2) is 0 Å². The number of ether oxygens (including phenoxy) is 2. The van der Waals surface area contributed by atoms with E-state index < -0.39 is 6.04 Å². The minimum absolute atomic E-state index is 0.0993. The van der Waals surface area contributed by atoms with Crippen LogP contribution >= 0.6 is 0 Å². The zero-order valence-electron chi connectivity index (χ0n) is 19.9. The fraction of sp³-hybridized carbons (Fsp3) is 0.333. The molecular formula is C27H30N2O5. The van der Waals surface area contributed by atoms with E-state index in [1.807, 2.05) is 24.3 Å². The minimum atomic E-state index is -0.533. The molecule has 3 aromatic rings. The average Bonchev–Trinajstić information content (AvgIpc) is 3.15. The Bertz CT molecular complexity index is 1240. The number of methoxy groups -OCH3 is 1. The van der Waals surface area contributed by atoms with Crippen molar-refractivity contribution in [2.45, 2.75) is 19.9 Å². The van der Waals surface area contributed by atoms with E-state index in [0.717, 1.165) is 18.7 Å². The molecule has 0 spiro atoms. The largest absolute Gasteiger partial charge is 0.497 e. The molecule has 0 bridgehead atoms. The van der Waals surface area contributed by atoms with Crippen LogP contribution in [0.5, 0.6) is 11.5 Å². The number of nitrogens with zero attached hydrogens (tertiary/aromatic N) is 2. The molecule has 1 amide bonds. The van der Waals surface area contributed by atoms with Crippen LogP contribution in [0.1, 0.15) is 41.6 Å². The van der Waals surface area contributed by atoms with Gasteiger partial charge in [-0.1, -0.05) is 38.6 Å². The molecule has 0 saturated carbocycles. The van der Waals surface area contributed by atoms with E-state index in [1.54, 1.807) is 36.3 Å². The van der Waals surface area contributed by atoms with Crippen molar-refractivity contribution in [2.24, 2.45) is 0 Å². The molecule has 2 heterocycles. The maximum Gasteiger partial charge on any atom is 0.290 e. The second-order valence-electron chi connectivity index (χ2n) is 8.13. The van der Waals surface area contributed by atoms with E-state index in [0.29, 0.717) is 47.7 Å². The Labute approximate surface area is 199 Å². The van der Waals surface area contributed by atoms with Crippen molar-refractivity contribution >= 4 is 16.9 Å². The zero-order valence-corrected chi connectivity index (χ0v) is 19.9. The summed E-state index contributed by atoms with van der Waals surface area (Å²) in [6, 6.07) is 12.0. The molecule has 7 nitrogen and oxygen atoms in total. The molecule has 0 N–H and O–H groups in total. The molecule has 1 aliphatic heterocycles. The lowest BCUT2D eigenvalue weighted by Gasteiger charge is -2.28. The number of hydrogen-bond donors (Lipinski definition) is 0. The lowest BCUT2D eigenvalue weighted by Crippen LogP contribution is -2.37. The van der Waals surface area contributed by atoms with Gasteiger partial charge in [-0.05, 0) is 42.9 Å². The summed E-state index contributed by atoms with van der Waals surface area (Å²) < 4.78 is 16.9. The smallest absolute Gasteiger partial charge is 0.290 e. The van der Waals surface area contributed by atoms with Crippen LogP contribution in [0.15, 0.2) is 64.3 Å². The molecule has 0 saturated heterocycles. The number of likely N-dealkylation sites (N-methyl/N-ethyl adjacent to an activating group) is 1. The number of hydrogen-bond acceptors (Lipinski definition) is 6. The normalized spacial score (nSPS) is 15.1. The highest BCUT2D eigenvalue weighted by Crippen LogP contribution is 2.38. The molecule has 34 heavy (non-hydrogen) atoms. The number of amides is 1. The Kier molecular flexibility index (Phi) is 7.03. The van der Waals surface area contributed by atoms with E-state index in [1.165, 1.54) is 0 Å². The van der Waals surface area contributed by atoms with Gasteiger partial charge >= 0.3 is 0 Å². The molecule has 2 aromatic carbocycles. The molecule has 1 unspecified atom stereocenters. The Morgan fingerprint density at radius 1 is 1.09 bits per heavy atom. The van der Waals surface area contributed by atoms with E-state index in [9.17, 15) is 9.59 Å². The maximum absolute atomic E-state index is 13.6. The summed E-state index contributed by atoms with van der Waals surface area (Å²) in [7, 11) is 1.55. The standard InChI is InChI=1S/C27H30N2O5/c1-5-16-33-19-10-8-18(9-11-19)24-23-25(30)21-13-12-20(32-4)17-22(21)34-26(23)27(31)29(24)15-14-28(6-2)7-3/h5,8-13,17,24H,1,6-7,14-16H2,2-4H3. The van der Waals surface area contributed by atoms with Gasteiger partial charge in [0.25, 0.3) is 5.91 Å². The minimum Gasteiger partial charge on any atom is -0.497 e. The summed E-state index contributed by atoms with van der Waals surface area (Å²) in [6.07, 6.45) is 1.68. The Morgan fingerprint density at radius 2 is 1.79 bits per heavy atom. The van der Waals surface area contributed by atoms with Crippen molar-refractivity contribution in [1.82, 2.24) is 9.80 Å². The summed E-state index contributed by atoms with van der Waals surface area (Å²) in [6.45, 7) is 11.2. The molecule has 0 aliphatic carbocycles. The maximum atomic E-state index is 13.6. The summed E-state index contributed by atoms with van der Waals surface area (Å²) >= 11 is 0. The van der Waals surface area contributed by atoms with Crippen molar-refractivity contribution in [3.05, 3.63) is 82.2 Å². The van der Waals surface area contributed by atoms with Crippen LogP contribution in [0, 0.1) is 0 Å². The third-order valence-electron chi connectivity index (χ3n) is 6.29. The molecular weight excluding hydrogens is 432 g/mol. The Hall–Kier alpha value is -3.58. The van der Waals surface area contributed by atoms with Crippen molar-refractivity contribution in [3.8, 4) is 11.5 Å². The van der Waals surface area contributed by atoms with Crippen LogP contribution in [0.4, 0.5) is 0 Å². The van der Waals surface area contributed by atoms with E-state index >= 15 is 0 Å². The van der Waals surface area contributed by atoms with Crippen molar-refractivity contribution in [2.75, 3.05) is 39.9 Å². The summed E-state index contributed by atoms with van der Waals surface area (Å²) in [5.41, 5.74) is 1.35. The van der Waals surface area contributed by atoms with Gasteiger partial charge < -0.3 is 23.7 Å². The first-order valence-electron chi connectivity index (χ1n) is 11.5. The molecule has 0 fully saturated rings. The topological polar surface area (TPSA) is 72.2 Å². The lowest BCUT2D eigenvalue weighted by atomic mass is 9.98. The highest BCUT2D eigenvalue weighted by molar-refractivity contribution is 5.99. The molecule has 4 rings (SSSR count). The fourth-order valence-corrected chi connectivity index (χ4v) is 4.39. The first kappa shape index (κ1) is 23.6. The average molecular weight is 463 g/mol. The van der Waals surface area contributed by atoms with Crippen LogP contribution < -0.4 is 14.9 Å². The van der Waals surface area contributed by atoms with Gasteiger partial charge in [0.2, 0.25) is 5.76 Å². The fourth-order valence-electron chi connectivity index (χ4n) is 4.39. The van der Waals surface area contributed by atoms with E-state index in [4.69, 9.17) is 13.9 Å². The highest BCUT2D eigenvalue weighted by atomic mass is 16.5. The van der Waals surface area contributed by atoms with Gasteiger partial charge in [0.15, 0.2) is 5.43 Å². The molecule has 1 atom stereocenters. The zero-order chi connectivity index (χ0) is 24.2. The number of benzene rings is 2. The van der Waals surface area contributed by atoms with Crippen LogP contribution in [0.25, 0.3) is 11.0 Å². The van der Waals surface area contributed by atoms with Gasteiger partial charge in [0.1, 0.15) is 23.7 Å². The lowest BCUT2D eigenvalue weighted by molar-refractivity contribution is 0.0708. The first-order valence-corrected chi connectivity index (χ1v) is 11.5. The van der Waals surface area contributed by atoms with Gasteiger partial charge in [-0.3, -0.25) is 9.59 Å². The molecule has 1 aliphatic rings. The second-order valence-corrected chi connectivity index (χ2v) is 8.13. The van der Waals surface area contributed by atoms with Crippen molar-refractivity contribution in [1.29, 1.82) is 0 Å². The summed E-state index contributed by atoms with van der Waals surface area (Å²) in [5.74, 6) is 1.08. The van der Waals surface area contributed by atoms with Gasteiger partial charge in [0, 0.05) is 19.2 Å². The van der Waals surface area contributed by atoms with Crippen molar-refractivity contribution in [3.63, 3.8) is 0 Å². The quantitative estimate of drug-likeness (QED) is 0.420. The number of carbonyl (C=O) groups is 1. The van der Waals surface area contributed by atoms with Gasteiger partial charge in [-0.2, -0.15) is 0 Å². The van der Waals surface area contributed by atoms with E-state index in [-0.39, 0.29) is 17.1 Å². The molecule has 1 aromatic heterocycles. The SMILES string of the molecule is C=CCOc1ccc(C2c3c(oc4cc(OC)ccc4c3=O)C(=O)N2CCN(CC)CC)cc1. The number of carbonyl (C=O) groups excluding carboxylic acids is 1. The molecule has 0 radical (unpaired) electrons. The second kappa shape index (κ2) is 10.1. The number of rotatable bonds is 10. The molecule has 178 valence electrons. The Balaban J connectivity index is 1.81. The van der Waals surface area contributed by atoms with Crippen LogP contribution in [0.2, 0.25) is 0 Å². The third kappa shape index (κ3) is 4.31. The van der Waals surface area contributed by atoms with E-state index in [2.05, 4.69) is 25.3 Å². The van der Waals surface area contributed by atoms with Gasteiger partial charge in [-0.15, -0.1) is 0 Å². The monoisotopic (exact) mass is 462 g/mol. The van der Waals surface area contributed by atoms with Crippen molar-refractivity contribution < 1.29 is 18.7 Å². The Morgan fingerprint density at radius 3 is 2.44 bits per heavy atom. The highest BCUT2D eigenvalue weighted by Gasteiger charge is 2.42. The van der Waals surface area contributed by atoms with Crippen LogP contribution in [0.3, 0.4) is 0 Å².